The molecule has 0 spiro atoms. The summed E-state index contributed by atoms with van der Waals surface area (Å²) in [6.07, 6.45) is 0.0874. The molecular weight excluding hydrogens is 472 g/mol. The number of aliphatic hydroxyl groups excluding tert-OH is 1. The van der Waals surface area contributed by atoms with Crippen LogP contribution in [0.2, 0.25) is 0 Å². The molecule has 1 heterocycles. The van der Waals surface area contributed by atoms with Gasteiger partial charge in [-0.2, -0.15) is 0 Å². The highest BCUT2D eigenvalue weighted by Gasteiger charge is 2.32. The van der Waals surface area contributed by atoms with Crippen molar-refractivity contribution in [3.05, 3.63) is 65.2 Å². The Bertz CT molecular complexity index is 1080. The number of aliphatic hydroxyl groups is 1. The number of rotatable bonds is 10. The van der Waals surface area contributed by atoms with Gasteiger partial charge in [0.05, 0.1) is 13.2 Å². The van der Waals surface area contributed by atoms with Crippen LogP contribution in [0.4, 0.5) is 0 Å². The molecule has 3 rings (SSSR count). The van der Waals surface area contributed by atoms with Gasteiger partial charge in [0.25, 0.3) is 5.91 Å². The van der Waals surface area contributed by atoms with Crippen LogP contribution < -0.4 is 4.74 Å². The van der Waals surface area contributed by atoms with Gasteiger partial charge in [-0.15, -0.1) is 0 Å². The van der Waals surface area contributed by atoms with Crippen LogP contribution in [0, 0.1) is 11.8 Å². The highest BCUT2D eigenvalue weighted by Crippen LogP contribution is 2.13. The molecule has 1 N–H and O–H groups in total. The van der Waals surface area contributed by atoms with Crippen molar-refractivity contribution in [2.24, 2.45) is 0 Å². The molecule has 8 nitrogen and oxygen atoms in total. The zero-order valence-corrected chi connectivity index (χ0v) is 20.7. The Morgan fingerprint density at radius 2 is 1.57 bits per heavy atom. The fraction of sp³-hybridized carbons (Fsp3) is 0.414. The van der Waals surface area contributed by atoms with Crippen LogP contribution in [-0.2, 0) is 14.3 Å². The van der Waals surface area contributed by atoms with Gasteiger partial charge in [0.15, 0.2) is 17.6 Å². The van der Waals surface area contributed by atoms with E-state index in [0.29, 0.717) is 17.7 Å². The zero-order chi connectivity index (χ0) is 25.9. The molecular formula is C29H36N2O6. The number of hydrogen-bond donors (Lipinski definition) is 1. The smallest absolute Gasteiger partial charge is 0.254 e. The molecule has 0 aromatic heterocycles. The van der Waals surface area contributed by atoms with Crippen molar-refractivity contribution in [1.29, 1.82) is 0 Å². The Morgan fingerprint density at radius 1 is 1.00 bits per heavy atom. The number of ether oxygens (including phenoxy) is 2. The maximum absolute atomic E-state index is 12.8. The van der Waals surface area contributed by atoms with E-state index >= 15 is 0 Å². The van der Waals surface area contributed by atoms with Crippen LogP contribution in [-0.4, -0.2) is 91.5 Å². The van der Waals surface area contributed by atoms with Crippen LogP contribution in [0.15, 0.2) is 48.5 Å². The van der Waals surface area contributed by atoms with Crippen LogP contribution in [0.5, 0.6) is 5.75 Å². The molecule has 2 aromatic carbocycles. The summed E-state index contributed by atoms with van der Waals surface area (Å²) < 4.78 is 11.2. The van der Waals surface area contributed by atoms with Crippen molar-refractivity contribution in [3.63, 3.8) is 0 Å². The Morgan fingerprint density at radius 3 is 2.11 bits per heavy atom. The minimum Gasteiger partial charge on any atom is -0.492 e. The summed E-state index contributed by atoms with van der Waals surface area (Å²) in [5.74, 6) is 5.35. The van der Waals surface area contributed by atoms with E-state index in [1.165, 1.54) is 7.05 Å². The number of morpholine rings is 1. The van der Waals surface area contributed by atoms with Crippen molar-refractivity contribution in [2.45, 2.75) is 26.8 Å². The van der Waals surface area contributed by atoms with Gasteiger partial charge in [0, 0.05) is 49.8 Å². The van der Waals surface area contributed by atoms with E-state index in [1.54, 1.807) is 31.2 Å². The summed E-state index contributed by atoms with van der Waals surface area (Å²) in [5, 5.41) is 9.18. The lowest BCUT2D eigenvalue weighted by atomic mass is 10.0. The van der Waals surface area contributed by atoms with Crippen molar-refractivity contribution in [1.82, 2.24) is 9.80 Å². The van der Waals surface area contributed by atoms with Gasteiger partial charge in [-0.05, 0) is 48.5 Å². The lowest BCUT2D eigenvalue weighted by Gasteiger charge is -2.26. The van der Waals surface area contributed by atoms with E-state index in [4.69, 9.17) is 9.47 Å². The third-order valence-corrected chi connectivity index (χ3v) is 5.94. The van der Waals surface area contributed by atoms with Crippen LogP contribution in [0.25, 0.3) is 0 Å². The Labute approximate surface area is 219 Å². The highest BCUT2D eigenvalue weighted by atomic mass is 16.5. The predicted molar refractivity (Wildman–Crippen MR) is 142 cm³/mol. The Kier molecular flexibility index (Phi) is 12.0. The van der Waals surface area contributed by atoms with Gasteiger partial charge >= 0.3 is 0 Å². The minimum absolute atomic E-state index is 0. The maximum Gasteiger partial charge on any atom is 0.254 e. The molecule has 1 fully saturated rings. The molecule has 1 amide bonds. The second kappa shape index (κ2) is 14.9. The van der Waals surface area contributed by atoms with Gasteiger partial charge in [0.2, 0.25) is 0 Å². The summed E-state index contributed by atoms with van der Waals surface area (Å²) in [6, 6.07) is 12.9. The topological polar surface area (TPSA) is 96.4 Å². The number of likely N-dealkylation sites (N-methyl/N-ethyl adjacent to an activating group) is 1. The number of ketones is 2. The highest BCUT2D eigenvalue weighted by molar-refractivity contribution is 6.10. The van der Waals surface area contributed by atoms with Gasteiger partial charge < -0.3 is 19.5 Å². The van der Waals surface area contributed by atoms with E-state index in [1.807, 2.05) is 24.3 Å². The summed E-state index contributed by atoms with van der Waals surface area (Å²) in [6.45, 7) is 5.71. The molecule has 0 aliphatic carbocycles. The summed E-state index contributed by atoms with van der Waals surface area (Å²) in [7, 11) is 1.39. The standard InChI is InChI=1S/C28H32N2O6.CH4/c1-3-25(32)27(26(33)20-31)29(2)28(34)23-10-6-21(7-11-23)4-5-22-8-12-24(13-9-22)36-19-16-30-14-17-35-18-15-30;/h6-13,27,31H,3,14-20H2,1-2H3;1H4. The number of amides is 1. The van der Waals surface area contributed by atoms with E-state index in [9.17, 15) is 19.5 Å². The summed E-state index contributed by atoms with van der Waals surface area (Å²) in [4.78, 5) is 40.3. The molecule has 0 saturated carbocycles. The van der Waals surface area contributed by atoms with Gasteiger partial charge in [-0.3, -0.25) is 19.3 Å². The first-order valence-corrected chi connectivity index (χ1v) is 12.0. The first-order valence-electron chi connectivity index (χ1n) is 12.0. The number of carbonyl (C=O) groups is 3. The molecule has 0 bridgehead atoms. The molecule has 37 heavy (non-hydrogen) atoms. The number of benzene rings is 2. The quantitative estimate of drug-likeness (QED) is 0.389. The third kappa shape index (κ3) is 8.53. The fourth-order valence-electron chi connectivity index (χ4n) is 3.80. The van der Waals surface area contributed by atoms with Crippen LogP contribution in [0.3, 0.4) is 0 Å². The van der Waals surface area contributed by atoms with E-state index in [-0.39, 0.29) is 13.8 Å². The molecule has 8 heteroatoms. The molecule has 1 aliphatic heterocycles. The van der Waals surface area contributed by atoms with E-state index in [2.05, 4.69) is 16.7 Å². The minimum atomic E-state index is -1.29. The molecule has 1 saturated heterocycles. The third-order valence-electron chi connectivity index (χ3n) is 5.94. The van der Waals surface area contributed by atoms with Crippen molar-refractivity contribution in [2.75, 3.05) is 53.1 Å². The normalized spacial score (nSPS) is 13.9. The molecule has 198 valence electrons. The second-order valence-corrected chi connectivity index (χ2v) is 8.42. The van der Waals surface area contributed by atoms with Gasteiger partial charge in [-0.1, -0.05) is 26.2 Å². The average molecular weight is 509 g/mol. The lowest BCUT2D eigenvalue weighted by Crippen LogP contribution is -2.48. The fourth-order valence-corrected chi connectivity index (χ4v) is 3.80. The Hall–Kier alpha value is -3.51. The number of hydrogen-bond acceptors (Lipinski definition) is 7. The molecule has 2 aromatic rings. The van der Waals surface area contributed by atoms with Crippen molar-refractivity contribution < 1.29 is 29.0 Å². The van der Waals surface area contributed by atoms with E-state index in [0.717, 1.165) is 49.1 Å². The second-order valence-electron chi connectivity index (χ2n) is 8.42. The predicted octanol–water partition coefficient (Wildman–Crippen LogP) is 2.41. The first-order chi connectivity index (χ1) is 17.4. The first kappa shape index (κ1) is 29.7. The summed E-state index contributed by atoms with van der Waals surface area (Å²) in [5.41, 5.74) is 1.87. The monoisotopic (exact) mass is 508 g/mol. The van der Waals surface area contributed by atoms with Gasteiger partial charge in [0.1, 0.15) is 19.0 Å². The molecule has 1 atom stereocenters. The van der Waals surface area contributed by atoms with Crippen molar-refractivity contribution >= 4 is 17.5 Å². The molecule has 1 unspecified atom stereocenters. The number of carbonyl (C=O) groups excluding carboxylic acids is 3. The number of nitrogens with zero attached hydrogens (tertiary/aromatic N) is 2. The zero-order valence-electron chi connectivity index (χ0n) is 20.7. The Balaban J connectivity index is 0.00000481. The SMILES string of the molecule is C.CCC(=O)C(C(=O)CO)N(C)C(=O)c1ccc(C#Cc2ccc(OCCN3CCOCC3)cc2)cc1. The molecule has 1 aliphatic rings. The molecule has 0 radical (unpaired) electrons. The number of Topliss-reactive ketones (excluding diaryl/α,β-unsaturated/α-hetero) is 2. The van der Waals surface area contributed by atoms with Crippen molar-refractivity contribution in [3.8, 4) is 17.6 Å². The van der Waals surface area contributed by atoms with Gasteiger partial charge in [-0.25, -0.2) is 0 Å². The van der Waals surface area contributed by atoms with E-state index < -0.39 is 30.1 Å². The van der Waals surface area contributed by atoms with Crippen LogP contribution in [0.1, 0.15) is 42.3 Å². The van der Waals surface area contributed by atoms with Crippen LogP contribution >= 0.6 is 0 Å². The average Bonchev–Trinajstić information content (AvgIpc) is 2.92. The largest absolute Gasteiger partial charge is 0.492 e. The maximum atomic E-state index is 12.8. The lowest BCUT2D eigenvalue weighted by molar-refractivity contribution is -0.134. The summed E-state index contributed by atoms with van der Waals surface area (Å²) >= 11 is 0.